The molecule has 0 N–H and O–H groups in total. The zero-order chi connectivity index (χ0) is 34.5. The first-order valence-corrected chi connectivity index (χ1v) is 19.2. The highest BCUT2D eigenvalue weighted by atomic mass is 16.5. The van der Waals surface area contributed by atoms with Crippen LogP contribution in [0.1, 0.15) is 134 Å². The predicted molar refractivity (Wildman–Crippen MR) is 206 cm³/mol. The highest BCUT2D eigenvalue weighted by Crippen LogP contribution is 2.27. The molecule has 4 aromatic rings. The number of benzene rings is 4. The quantitative estimate of drug-likeness (QED) is 0.0552. The van der Waals surface area contributed by atoms with Gasteiger partial charge < -0.3 is 14.2 Å². The lowest BCUT2D eigenvalue weighted by Crippen LogP contribution is -2.14. The Labute approximate surface area is 296 Å². The summed E-state index contributed by atoms with van der Waals surface area (Å²) < 4.78 is 17.7. The Bertz CT molecular complexity index is 1490. The molecule has 0 aromatic heterocycles. The van der Waals surface area contributed by atoms with Crippen LogP contribution in [-0.4, -0.2) is 19.2 Å². The zero-order valence-electron chi connectivity index (χ0n) is 30.5. The van der Waals surface area contributed by atoms with E-state index in [1.165, 1.54) is 88.2 Å². The van der Waals surface area contributed by atoms with E-state index in [9.17, 15) is 4.79 Å². The molecule has 0 heterocycles. The van der Waals surface area contributed by atoms with Crippen molar-refractivity contribution in [2.45, 2.75) is 130 Å². The molecular weight excluding hydrogens is 604 g/mol. The minimum absolute atomic E-state index is 0.151. The first-order chi connectivity index (χ1) is 24.1. The van der Waals surface area contributed by atoms with Crippen molar-refractivity contribution in [1.29, 1.82) is 0 Å². The van der Waals surface area contributed by atoms with Gasteiger partial charge in [-0.25, -0.2) is 0 Å². The van der Waals surface area contributed by atoms with Crippen LogP contribution in [0, 0.1) is 0 Å². The molecule has 0 saturated carbocycles. The van der Waals surface area contributed by atoms with Crippen molar-refractivity contribution in [3.8, 4) is 22.6 Å². The molecule has 4 rings (SSSR count). The summed E-state index contributed by atoms with van der Waals surface area (Å²) in [5.74, 6) is 1.33. The van der Waals surface area contributed by atoms with E-state index >= 15 is 0 Å². The fraction of sp³-hybridized carbons (Fsp3) is 0.489. The van der Waals surface area contributed by atoms with Gasteiger partial charge in [-0.05, 0) is 77.1 Å². The van der Waals surface area contributed by atoms with Crippen LogP contribution >= 0.6 is 0 Å². The van der Waals surface area contributed by atoms with E-state index in [0.717, 1.165) is 59.3 Å². The number of fused-ring (bicyclic) bond motifs is 1. The molecule has 0 spiro atoms. The van der Waals surface area contributed by atoms with Gasteiger partial charge in [-0.2, -0.15) is 0 Å². The number of hydrogen-bond acceptors (Lipinski definition) is 4. The summed E-state index contributed by atoms with van der Waals surface area (Å²) in [5, 5.41) is 2.17. The molecule has 0 aliphatic carbocycles. The molecule has 0 aliphatic rings. The molecule has 0 radical (unpaired) electrons. The summed E-state index contributed by atoms with van der Waals surface area (Å²) in [6, 6.07) is 29.3. The van der Waals surface area contributed by atoms with Gasteiger partial charge in [-0.3, -0.25) is 4.79 Å². The third-order valence-electron chi connectivity index (χ3n) is 9.50. The van der Waals surface area contributed by atoms with Gasteiger partial charge in [0.25, 0.3) is 0 Å². The fourth-order valence-electron chi connectivity index (χ4n) is 6.22. The first kappa shape index (κ1) is 38.0. The average molecular weight is 665 g/mol. The van der Waals surface area contributed by atoms with Crippen molar-refractivity contribution < 1.29 is 19.0 Å². The minimum atomic E-state index is -0.288. The van der Waals surface area contributed by atoms with E-state index in [2.05, 4.69) is 86.6 Å². The Morgan fingerprint density at radius 2 is 1.04 bits per heavy atom. The molecule has 0 unspecified atom stereocenters. The van der Waals surface area contributed by atoms with Gasteiger partial charge in [-0.1, -0.05) is 158 Å². The maximum Gasteiger partial charge on any atom is 0.313 e. The highest BCUT2D eigenvalue weighted by molar-refractivity contribution is 5.86. The lowest BCUT2D eigenvalue weighted by Gasteiger charge is -2.13. The molecule has 0 bridgehead atoms. The highest BCUT2D eigenvalue weighted by Gasteiger charge is 2.17. The van der Waals surface area contributed by atoms with Crippen LogP contribution < -0.4 is 9.47 Å². The average Bonchev–Trinajstić information content (AvgIpc) is 3.14. The molecule has 0 amide bonds. The normalized spacial score (nSPS) is 11.8. The lowest BCUT2D eigenvalue weighted by atomic mass is 9.98. The van der Waals surface area contributed by atoms with Gasteiger partial charge in [0, 0.05) is 0 Å². The minimum Gasteiger partial charge on any atom is -0.494 e. The van der Waals surface area contributed by atoms with Crippen LogP contribution in [0.4, 0.5) is 0 Å². The third kappa shape index (κ3) is 13.6. The number of carbonyl (C=O) groups is 1. The van der Waals surface area contributed by atoms with Gasteiger partial charge >= 0.3 is 5.97 Å². The Morgan fingerprint density at radius 3 is 1.67 bits per heavy atom. The second-order valence-electron chi connectivity index (χ2n) is 13.6. The SMILES string of the molecule is CCCCCCCCCCCCOc1ccc(-c2ccc(COc3ccc4cc([C@H](C)C(=O)OCCCCCCC)ccc4c3)cc2)cc1. The summed E-state index contributed by atoms with van der Waals surface area (Å²) in [5.41, 5.74) is 4.45. The molecule has 49 heavy (non-hydrogen) atoms. The largest absolute Gasteiger partial charge is 0.494 e. The van der Waals surface area contributed by atoms with Crippen LogP contribution in [0.2, 0.25) is 0 Å². The lowest BCUT2D eigenvalue weighted by molar-refractivity contribution is -0.145. The summed E-state index contributed by atoms with van der Waals surface area (Å²) in [6.07, 6.45) is 19.1. The van der Waals surface area contributed by atoms with E-state index in [0.29, 0.717) is 13.2 Å². The van der Waals surface area contributed by atoms with Crippen LogP contribution in [0.25, 0.3) is 21.9 Å². The van der Waals surface area contributed by atoms with Crippen LogP contribution in [0.5, 0.6) is 11.5 Å². The van der Waals surface area contributed by atoms with E-state index in [4.69, 9.17) is 14.2 Å². The van der Waals surface area contributed by atoms with Crippen LogP contribution in [0.15, 0.2) is 84.9 Å². The van der Waals surface area contributed by atoms with Crippen molar-refractivity contribution in [3.63, 3.8) is 0 Å². The second-order valence-corrected chi connectivity index (χ2v) is 13.6. The van der Waals surface area contributed by atoms with Crippen molar-refractivity contribution in [2.24, 2.45) is 0 Å². The van der Waals surface area contributed by atoms with Gasteiger partial charge in [-0.15, -0.1) is 0 Å². The maximum absolute atomic E-state index is 12.6. The molecular formula is C45H60O4. The van der Waals surface area contributed by atoms with Crippen molar-refractivity contribution >= 4 is 16.7 Å². The number of unbranched alkanes of at least 4 members (excludes halogenated alkanes) is 13. The molecule has 4 nitrogen and oxygen atoms in total. The number of carbonyl (C=O) groups excluding carboxylic acids is 1. The van der Waals surface area contributed by atoms with E-state index in [-0.39, 0.29) is 11.9 Å². The topological polar surface area (TPSA) is 44.8 Å². The van der Waals surface area contributed by atoms with Crippen LogP contribution in [-0.2, 0) is 16.1 Å². The predicted octanol–water partition coefficient (Wildman–Crippen LogP) is 13.0. The second kappa shape index (κ2) is 22.0. The van der Waals surface area contributed by atoms with E-state index < -0.39 is 0 Å². The standard InChI is InChI=1S/C45H60O4/c1-4-6-8-10-11-12-13-14-16-17-31-47-43-28-25-39(26-29-43)38-21-19-37(20-22-38)35-49-44-30-27-41-33-40(23-24-42(41)34-44)36(3)45(46)48-32-18-15-9-7-5-2/h19-30,33-34,36H,4-18,31-32,35H2,1-3H3/t36-/m0/s1. The number of rotatable bonds is 24. The monoisotopic (exact) mass is 664 g/mol. The van der Waals surface area contributed by atoms with Crippen LogP contribution in [0.3, 0.4) is 0 Å². The zero-order valence-corrected chi connectivity index (χ0v) is 30.5. The molecule has 0 saturated heterocycles. The summed E-state index contributed by atoms with van der Waals surface area (Å²) in [7, 11) is 0. The van der Waals surface area contributed by atoms with Crippen molar-refractivity contribution in [2.75, 3.05) is 13.2 Å². The van der Waals surface area contributed by atoms with Crippen molar-refractivity contribution in [1.82, 2.24) is 0 Å². The number of esters is 1. The Balaban J connectivity index is 1.16. The molecule has 0 aliphatic heterocycles. The van der Waals surface area contributed by atoms with Gasteiger partial charge in [0.15, 0.2) is 0 Å². The summed E-state index contributed by atoms with van der Waals surface area (Å²) >= 11 is 0. The Hall–Kier alpha value is -3.79. The summed E-state index contributed by atoms with van der Waals surface area (Å²) in [4.78, 5) is 12.6. The number of hydrogen-bond donors (Lipinski definition) is 0. The number of ether oxygens (including phenoxy) is 3. The summed E-state index contributed by atoms with van der Waals surface area (Å²) in [6.45, 7) is 8.19. The third-order valence-corrected chi connectivity index (χ3v) is 9.50. The van der Waals surface area contributed by atoms with Gasteiger partial charge in [0.05, 0.1) is 19.1 Å². The molecule has 4 heteroatoms. The van der Waals surface area contributed by atoms with E-state index in [1.54, 1.807) is 0 Å². The first-order valence-electron chi connectivity index (χ1n) is 19.2. The van der Waals surface area contributed by atoms with Gasteiger partial charge in [0.2, 0.25) is 0 Å². The van der Waals surface area contributed by atoms with Gasteiger partial charge in [0.1, 0.15) is 18.1 Å². The maximum atomic E-state index is 12.6. The molecule has 264 valence electrons. The Morgan fingerprint density at radius 1 is 0.531 bits per heavy atom. The smallest absolute Gasteiger partial charge is 0.313 e. The molecule has 0 fully saturated rings. The fourth-order valence-corrected chi connectivity index (χ4v) is 6.22. The Kier molecular flexibility index (Phi) is 17.1. The van der Waals surface area contributed by atoms with Crippen molar-refractivity contribution in [3.05, 3.63) is 96.1 Å². The van der Waals surface area contributed by atoms with E-state index in [1.807, 2.05) is 19.1 Å². The molecule has 4 aromatic carbocycles. The molecule has 1 atom stereocenters.